The van der Waals surface area contributed by atoms with E-state index in [1.165, 1.54) is 29.0 Å². The lowest BCUT2D eigenvalue weighted by atomic mass is 9.96. The molecule has 37 heavy (non-hydrogen) atoms. The van der Waals surface area contributed by atoms with Crippen molar-refractivity contribution >= 4 is 22.9 Å². The number of nitrogens with zero attached hydrogens (tertiary/aromatic N) is 5. The minimum absolute atomic E-state index is 0.0629. The van der Waals surface area contributed by atoms with Gasteiger partial charge in [-0.3, -0.25) is 9.69 Å². The third kappa shape index (κ3) is 4.66. The first-order chi connectivity index (χ1) is 17.6. The minimum Gasteiger partial charge on any atom is -0.475 e. The number of ether oxygens (including phenoxy) is 1. The summed E-state index contributed by atoms with van der Waals surface area (Å²) >= 11 is 0. The molecule has 2 N–H and O–H groups in total. The smallest absolute Gasteiger partial charge is 0.430 e. The second-order valence-corrected chi connectivity index (χ2v) is 8.99. The molecule has 1 saturated heterocycles. The fraction of sp³-hybridized carbons (Fsp3) is 0.435. The highest BCUT2D eigenvalue weighted by molar-refractivity contribution is 6.09. The summed E-state index contributed by atoms with van der Waals surface area (Å²) in [4.78, 5) is 20.7. The highest BCUT2D eigenvalue weighted by Gasteiger charge is 2.60. The van der Waals surface area contributed by atoms with Crippen molar-refractivity contribution in [3.8, 4) is 5.75 Å². The molecule has 1 fully saturated rings. The van der Waals surface area contributed by atoms with Crippen molar-refractivity contribution < 1.29 is 36.6 Å². The Bertz CT molecular complexity index is 1310. The van der Waals surface area contributed by atoms with Gasteiger partial charge < -0.3 is 20.1 Å². The number of anilines is 2. The molecule has 0 aliphatic carbocycles. The topological polar surface area (TPSA) is 95.2 Å². The van der Waals surface area contributed by atoms with Gasteiger partial charge in [-0.15, -0.1) is 0 Å². The van der Waals surface area contributed by atoms with Gasteiger partial charge in [0.15, 0.2) is 5.65 Å². The monoisotopic (exact) mass is 526 g/mol. The standard InChI is InChI=1S/C23H23F5N6O3/c24-19(25)12-32-4-6-33(7-5-32)17-9-18-14(10-22(13-35,37-18)23(26,27)28)8-16(17)31-21(36)15-11-30-34-3-1-2-29-20(15)34/h1-3,8-9,11,19,35H,4-7,10,12-13H2,(H,31,36)/t22-/m0/s1. The van der Waals surface area contributed by atoms with Gasteiger partial charge in [0, 0.05) is 56.6 Å². The largest absolute Gasteiger partial charge is 0.475 e. The van der Waals surface area contributed by atoms with E-state index in [0.717, 1.165) is 0 Å². The Hall–Kier alpha value is -3.52. The number of carbonyl (C=O) groups is 1. The predicted octanol–water partition coefficient (Wildman–Crippen LogP) is 2.60. The molecule has 0 saturated carbocycles. The van der Waals surface area contributed by atoms with Crippen molar-refractivity contribution in [2.45, 2.75) is 24.6 Å². The zero-order chi connectivity index (χ0) is 26.4. The average Bonchev–Trinajstić information content (AvgIpc) is 3.45. The molecule has 0 unspecified atom stereocenters. The highest BCUT2D eigenvalue weighted by Crippen LogP contribution is 2.47. The van der Waals surface area contributed by atoms with E-state index in [2.05, 4.69) is 15.4 Å². The fourth-order valence-electron chi connectivity index (χ4n) is 4.64. The van der Waals surface area contributed by atoms with Crippen LogP contribution in [0.15, 0.2) is 36.8 Å². The number of amides is 1. The van der Waals surface area contributed by atoms with Gasteiger partial charge in [-0.1, -0.05) is 0 Å². The molecular weight excluding hydrogens is 503 g/mol. The first-order valence-electron chi connectivity index (χ1n) is 11.5. The van der Waals surface area contributed by atoms with Crippen LogP contribution in [0.5, 0.6) is 5.75 Å². The number of fused-ring (bicyclic) bond motifs is 2. The molecule has 9 nitrogen and oxygen atoms in total. The zero-order valence-electron chi connectivity index (χ0n) is 19.4. The Balaban J connectivity index is 1.48. The maximum absolute atomic E-state index is 13.8. The van der Waals surface area contributed by atoms with Gasteiger partial charge in [0.05, 0.1) is 30.7 Å². The maximum Gasteiger partial charge on any atom is 0.430 e. The number of aromatic nitrogens is 3. The number of nitrogens with one attached hydrogen (secondary N) is 1. The number of carbonyl (C=O) groups excluding carboxylic acids is 1. The Morgan fingerprint density at radius 3 is 2.65 bits per heavy atom. The molecule has 0 spiro atoms. The van der Waals surface area contributed by atoms with Crippen LogP contribution in [-0.2, 0) is 6.42 Å². The van der Waals surface area contributed by atoms with Crippen LogP contribution < -0.4 is 15.0 Å². The lowest BCUT2D eigenvalue weighted by Crippen LogP contribution is -2.52. The number of aliphatic hydroxyl groups excluding tert-OH is 1. The molecule has 1 amide bonds. The van der Waals surface area contributed by atoms with E-state index in [0.29, 0.717) is 37.5 Å². The van der Waals surface area contributed by atoms with Crippen LogP contribution in [0, 0.1) is 0 Å². The zero-order valence-corrected chi connectivity index (χ0v) is 19.4. The van der Waals surface area contributed by atoms with E-state index < -0.39 is 37.1 Å². The van der Waals surface area contributed by atoms with Gasteiger partial charge in [0.2, 0.25) is 5.60 Å². The van der Waals surface area contributed by atoms with Crippen LogP contribution in [0.2, 0.25) is 0 Å². The van der Waals surface area contributed by atoms with Crippen molar-refractivity contribution in [1.29, 1.82) is 0 Å². The van der Waals surface area contributed by atoms with Crippen LogP contribution in [-0.4, -0.2) is 88.0 Å². The van der Waals surface area contributed by atoms with Crippen molar-refractivity contribution in [2.75, 3.05) is 49.5 Å². The average molecular weight is 526 g/mol. The van der Waals surface area contributed by atoms with Crippen LogP contribution in [0.25, 0.3) is 5.65 Å². The number of aliphatic hydroxyl groups is 1. The summed E-state index contributed by atoms with van der Waals surface area (Å²) in [6, 6.07) is 4.43. The number of hydrogen-bond acceptors (Lipinski definition) is 7. The lowest BCUT2D eigenvalue weighted by Gasteiger charge is -2.37. The van der Waals surface area contributed by atoms with Gasteiger partial charge in [0.25, 0.3) is 12.3 Å². The second kappa shape index (κ2) is 9.41. The molecule has 0 bridgehead atoms. The Morgan fingerprint density at radius 2 is 1.97 bits per heavy atom. The molecule has 14 heteroatoms. The molecule has 4 heterocycles. The Kier molecular flexibility index (Phi) is 6.40. The molecule has 0 radical (unpaired) electrons. The van der Waals surface area contributed by atoms with Crippen molar-refractivity contribution in [3.63, 3.8) is 0 Å². The fourth-order valence-corrected chi connectivity index (χ4v) is 4.64. The summed E-state index contributed by atoms with van der Waals surface area (Å²) in [5.41, 5.74) is -1.57. The summed E-state index contributed by atoms with van der Waals surface area (Å²) in [6.07, 6.45) is -3.52. The van der Waals surface area contributed by atoms with E-state index in [9.17, 15) is 31.9 Å². The van der Waals surface area contributed by atoms with E-state index in [1.54, 1.807) is 22.1 Å². The Morgan fingerprint density at radius 1 is 1.22 bits per heavy atom. The van der Waals surface area contributed by atoms with Crippen molar-refractivity contribution in [3.05, 3.63) is 47.9 Å². The number of rotatable bonds is 6. The van der Waals surface area contributed by atoms with Gasteiger partial charge in [-0.05, 0) is 12.1 Å². The van der Waals surface area contributed by atoms with E-state index in [1.807, 2.05) is 0 Å². The lowest BCUT2D eigenvalue weighted by molar-refractivity contribution is -0.252. The van der Waals surface area contributed by atoms with Crippen LogP contribution in [0.4, 0.5) is 33.3 Å². The van der Waals surface area contributed by atoms with E-state index in [4.69, 9.17) is 4.74 Å². The molecule has 2 aromatic heterocycles. The molecule has 2 aliphatic heterocycles. The van der Waals surface area contributed by atoms with Gasteiger partial charge in [-0.2, -0.15) is 18.3 Å². The number of piperazine rings is 1. The molecule has 5 rings (SSSR count). The van der Waals surface area contributed by atoms with Gasteiger partial charge >= 0.3 is 6.18 Å². The van der Waals surface area contributed by atoms with E-state index in [-0.39, 0.29) is 29.1 Å². The van der Waals surface area contributed by atoms with Crippen LogP contribution in [0.1, 0.15) is 15.9 Å². The van der Waals surface area contributed by atoms with Crippen molar-refractivity contribution in [2.24, 2.45) is 0 Å². The van der Waals surface area contributed by atoms with Crippen molar-refractivity contribution in [1.82, 2.24) is 19.5 Å². The molecule has 1 aromatic carbocycles. The number of hydrogen-bond donors (Lipinski definition) is 2. The normalized spacial score (nSPS) is 20.4. The van der Waals surface area contributed by atoms with E-state index >= 15 is 0 Å². The number of halogens is 5. The number of alkyl halides is 5. The minimum atomic E-state index is -4.84. The summed E-state index contributed by atoms with van der Waals surface area (Å²) in [5.74, 6) is -0.638. The first-order valence-corrected chi connectivity index (χ1v) is 11.5. The third-order valence-corrected chi connectivity index (χ3v) is 6.61. The Labute approximate surface area is 207 Å². The van der Waals surface area contributed by atoms with Crippen LogP contribution >= 0.6 is 0 Å². The molecule has 198 valence electrons. The summed E-state index contributed by atoms with van der Waals surface area (Å²) < 4.78 is 73.6. The van der Waals surface area contributed by atoms with Gasteiger partial charge in [-0.25, -0.2) is 18.3 Å². The molecule has 1 atom stereocenters. The molecular formula is C23H23F5N6O3. The first kappa shape index (κ1) is 25.1. The summed E-state index contributed by atoms with van der Waals surface area (Å²) in [5, 5.41) is 16.4. The molecule has 3 aromatic rings. The quantitative estimate of drug-likeness (QED) is 0.477. The SMILES string of the molecule is O=C(Nc1cc2c(cc1N1CCN(CC(F)F)CC1)O[C@@](CO)(C(F)(F)F)C2)c1cnn2cccnc12. The number of benzene rings is 1. The summed E-state index contributed by atoms with van der Waals surface area (Å²) in [6.45, 7) is -0.443. The molecule has 2 aliphatic rings. The maximum atomic E-state index is 13.8. The predicted molar refractivity (Wildman–Crippen MR) is 122 cm³/mol. The summed E-state index contributed by atoms with van der Waals surface area (Å²) in [7, 11) is 0. The second-order valence-electron chi connectivity index (χ2n) is 8.99. The highest BCUT2D eigenvalue weighted by atomic mass is 19.4. The third-order valence-electron chi connectivity index (χ3n) is 6.61. The van der Waals surface area contributed by atoms with Crippen LogP contribution in [0.3, 0.4) is 0 Å². The van der Waals surface area contributed by atoms with Gasteiger partial charge in [0.1, 0.15) is 11.3 Å².